The second-order valence-electron chi connectivity index (χ2n) is 4.02. The van der Waals surface area contributed by atoms with Gasteiger partial charge in [0.2, 0.25) is 11.6 Å². The summed E-state index contributed by atoms with van der Waals surface area (Å²) in [5.74, 6) is 5.99. The lowest BCUT2D eigenvalue weighted by molar-refractivity contribution is -0.383. The maximum atomic E-state index is 11.1. The molecule has 0 fully saturated rings. The second-order valence-corrected chi connectivity index (χ2v) is 4.02. The van der Waals surface area contributed by atoms with Crippen molar-refractivity contribution >= 4 is 17.3 Å². The summed E-state index contributed by atoms with van der Waals surface area (Å²) in [7, 11) is 1.58. The number of methoxy groups -OCH3 is 1. The lowest BCUT2D eigenvalue weighted by Gasteiger charge is -2.08. The number of anilines is 2. The third kappa shape index (κ3) is 3.34. The van der Waals surface area contributed by atoms with Crippen LogP contribution >= 0.6 is 0 Å². The van der Waals surface area contributed by atoms with Gasteiger partial charge in [0.1, 0.15) is 12.1 Å². The minimum Gasteiger partial charge on any atom is -0.497 e. The third-order valence-corrected chi connectivity index (χ3v) is 2.76. The molecule has 0 unspecified atom stereocenters. The number of nitrogen functional groups attached to an aromatic ring is 1. The van der Waals surface area contributed by atoms with Crippen LogP contribution in [0.2, 0.25) is 0 Å². The van der Waals surface area contributed by atoms with E-state index in [0.717, 1.165) is 11.3 Å². The molecule has 0 aliphatic rings. The quantitative estimate of drug-likeness (QED) is 0.412. The maximum Gasteiger partial charge on any atom is 0.354 e. The number of hydrazine groups is 1. The van der Waals surface area contributed by atoms with Crippen molar-refractivity contribution in [3.63, 3.8) is 0 Å². The Labute approximate surface area is 120 Å². The molecule has 0 saturated heterocycles. The molecule has 0 spiro atoms. The molecule has 1 aromatic heterocycles. The van der Waals surface area contributed by atoms with Gasteiger partial charge in [-0.05, 0) is 17.7 Å². The van der Waals surface area contributed by atoms with Gasteiger partial charge in [-0.1, -0.05) is 12.1 Å². The van der Waals surface area contributed by atoms with Crippen LogP contribution in [0.1, 0.15) is 5.56 Å². The van der Waals surface area contributed by atoms with Crippen molar-refractivity contribution < 1.29 is 9.66 Å². The average Bonchev–Trinajstić information content (AvgIpc) is 2.52. The Hall–Kier alpha value is -2.94. The van der Waals surface area contributed by atoms with E-state index in [4.69, 9.17) is 10.6 Å². The molecule has 0 aliphatic carbocycles. The molecule has 9 heteroatoms. The van der Waals surface area contributed by atoms with E-state index in [-0.39, 0.29) is 17.3 Å². The normalized spacial score (nSPS) is 10.0. The summed E-state index contributed by atoms with van der Waals surface area (Å²) in [6.45, 7) is 0.367. The number of nitrogens with one attached hydrogen (secondary N) is 2. The fraction of sp³-hybridized carbons (Fsp3) is 0.167. The number of hydrogen-bond acceptors (Lipinski definition) is 8. The number of rotatable bonds is 6. The fourth-order valence-electron chi connectivity index (χ4n) is 1.72. The average molecular weight is 290 g/mol. The largest absolute Gasteiger partial charge is 0.497 e. The van der Waals surface area contributed by atoms with Gasteiger partial charge in [0, 0.05) is 6.54 Å². The number of nitrogens with two attached hydrogens (primary N) is 1. The molecule has 2 rings (SSSR count). The molecule has 0 saturated carbocycles. The summed E-state index contributed by atoms with van der Waals surface area (Å²) in [5.41, 5.74) is 2.81. The Morgan fingerprint density at radius 3 is 2.52 bits per heavy atom. The molecule has 0 radical (unpaired) electrons. The molecule has 0 atom stereocenters. The molecule has 0 bridgehead atoms. The van der Waals surface area contributed by atoms with Crippen LogP contribution in [0.5, 0.6) is 5.75 Å². The molecule has 110 valence electrons. The molecular formula is C12H14N6O3. The minimum atomic E-state index is -0.592. The number of ether oxygens (including phenoxy) is 1. The van der Waals surface area contributed by atoms with Gasteiger partial charge >= 0.3 is 5.69 Å². The zero-order valence-corrected chi connectivity index (χ0v) is 11.2. The first-order valence-corrected chi connectivity index (χ1v) is 5.98. The van der Waals surface area contributed by atoms with E-state index in [1.54, 1.807) is 19.2 Å². The highest BCUT2D eigenvalue weighted by Crippen LogP contribution is 2.28. The predicted molar refractivity (Wildman–Crippen MR) is 76.8 cm³/mol. The molecule has 9 nitrogen and oxygen atoms in total. The van der Waals surface area contributed by atoms with Crippen LogP contribution in [0.3, 0.4) is 0 Å². The van der Waals surface area contributed by atoms with Crippen LogP contribution in [-0.4, -0.2) is 22.0 Å². The molecule has 1 aromatic carbocycles. The van der Waals surface area contributed by atoms with E-state index in [0.29, 0.717) is 6.54 Å². The summed E-state index contributed by atoms with van der Waals surface area (Å²) < 4.78 is 5.06. The Kier molecular flexibility index (Phi) is 4.46. The van der Waals surface area contributed by atoms with Crippen molar-refractivity contribution in [3.05, 3.63) is 46.3 Å². The number of benzene rings is 1. The van der Waals surface area contributed by atoms with Crippen LogP contribution < -0.4 is 21.3 Å². The summed E-state index contributed by atoms with van der Waals surface area (Å²) in [5, 5.41) is 14.0. The number of hydrogen-bond donors (Lipinski definition) is 3. The molecule has 21 heavy (non-hydrogen) atoms. The molecule has 4 N–H and O–H groups in total. The molecular weight excluding hydrogens is 276 g/mol. The van der Waals surface area contributed by atoms with Crippen LogP contribution in [0.15, 0.2) is 30.6 Å². The van der Waals surface area contributed by atoms with E-state index in [2.05, 4.69) is 20.7 Å². The Morgan fingerprint density at radius 2 is 1.95 bits per heavy atom. The number of aromatic nitrogens is 2. The number of nitrogens with zero attached hydrogens (tertiary/aromatic N) is 3. The van der Waals surface area contributed by atoms with E-state index >= 15 is 0 Å². The first-order chi connectivity index (χ1) is 10.2. The van der Waals surface area contributed by atoms with Crippen molar-refractivity contribution in [1.29, 1.82) is 0 Å². The van der Waals surface area contributed by atoms with E-state index in [9.17, 15) is 10.1 Å². The third-order valence-electron chi connectivity index (χ3n) is 2.76. The SMILES string of the molecule is COc1ccc(CNc2ncnc(NN)c2[N+](=O)[O-])cc1. The van der Waals surface area contributed by atoms with Gasteiger partial charge in [0.15, 0.2) is 0 Å². The summed E-state index contributed by atoms with van der Waals surface area (Å²) >= 11 is 0. The van der Waals surface area contributed by atoms with Gasteiger partial charge in [-0.15, -0.1) is 0 Å². The predicted octanol–water partition coefficient (Wildman–Crippen LogP) is 1.29. The zero-order valence-electron chi connectivity index (χ0n) is 11.2. The fourth-order valence-corrected chi connectivity index (χ4v) is 1.72. The monoisotopic (exact) mass is 290 g/mol. The van der Waals surface area contributed by atoms with Gasteiger partial charge in [-0.3, -0.25) is 10.1 Å². The van der Waals surface area contributed by atoms with Crippen LogP contribution in [0, 0.1) is 10.1 Å². The van der Waals surface area contributed by atoms with E-state index < -0.39 is 4.92 Å². The topological polar surface area (TPSA) is 128 Å². The second kappa shape index (κ2) is 6.48. The van der Waals surface area contributed by atoms with Gasteiger partial charge in [-0.25, -0.2) is 15.8 Å². The summed E-state index contributed by atoms with van der Waals surface area (Å²) in [6.07, 6.45) is 1.19. The van der Waals surface area contributed by atoms with Crippen molar-refractivity contribution in [2.45, 2.75) is 6.54 Å². The zero-order chi connectivity index (χ0) is 15.2. The first-order valence-electron chi connectivity index (χ1n) is 5.98. The Morgan fingerprint density at radius 1 is 1.29 bits per heavy atom. The maximum absolute atomic E-state index is 11.1. The lowest BCUT2D eigenvalue weighted by Crippen LogP contribution is -2.13. The van der Waals surface area contributed by atoms with Crippen molar-refractivity contribution in [1.82, 2.24) is 9.97 Å². The molecule has 0 amide bonds. The summed E-state index contributed by atoms with van der Waals surface area (Å²) in [6, 6.07) is 7.30. The van der Waals surface area contributed by atoms with E-state index in [1.165, 1.54) is 6.33 Å². The molecule has 2 aromatic rings. The minimum absolute atomic E-state index is 0.0489. The molecule has 1 heterocycles. The number of nitro groups is 1. The first kappa shape index (κ1) is 14.5. The van der Waals surface area contributed by atoms with Gasteiger partial charge in [0.05, 0.1) is 12.0 Å². The lowest BCUT2D eigenvalue weighted by atomic mass is 10.2. The highest BCUT2D eigenvalue weighted by atomic mass is 16.6. The Balaban J connectivity index is 2.17. The van der Waals surface area contributed by atoms with E-state index in [1.807, 2.05) is 12.1 Å². The van der Waals surface area contributed by atoms with Gasteiger partial charge < -0.3 is 15.5 Å². The van der Waals surface area contributed by atoms with Crippen LogP contribution in [0.25, 0.3) is 0 Å². The van der Waals surface area contributed by atoms with Gasteiger partial charge in [-0.2, -0.15) is 0 Å². The Bertz CT molecular complexity index is 631. The standard InChI is InChI=1S/C12H14N6O3/c1-21-9-4-2-8(3-5-9)6-14-11-10(18(19)20)12(17-13)16-7-15-11/h2-5,7H,6,13H2,1H3,(H2,14,15,16,17). The van der Waals surface area contributed by atoms with Crippen molar-refractivity contribution in [2.24, 2.45) is 5.84 Å². The van der Waals surface area contributed by atoms with Crippen molar-refractivity contribution in [3.8, 4) is 5.75 Å². The van der Waals surface area contributed by atoms with Crippen LogP contribution in [0.4, 0.5) is 17.3 Å². The van der Waals surface area contributed by atoms with Crippen LogP contribution in [-0.2, 0) is 6.54 Å². The summed E-state index contributed by atoms with van der Waals surface area (Å²) in [4.78, 5) is 18.1. The molecule has 0 aliphatic heterocycles. The highest BCUT2D eigenvalue weighted by Gasteiger charge is 2.22. The highest BCUT2D eigenvalue weighted by molar-refractivity contribution is 5.68. The smallest absolute Gasteiger partial charge is 0.354 e. The van der Waals surface area contributed by atoms with Crippen molar-refractivity contribution in [2.75, 3.05) is 17.9 Å². The van der Waals surface area contributed by atoms with Gasteiger partial charge in [0.25, 0.3) is 0 Å².